The lowest BCUT2D eigenvalue weighted by Crippen LogP contribution is -2.12. The van der Waals surface area contributed by atoms with E-state index >= 15 is 0 Å². The molecule has 21 heavy (non-hydrogen) atoms. The van der Waals surface area contributed by atoms with Gasteiger partial charge in [0, 0.05) is 0 Å². The fourth-order valence-corrected chi connectivity index (χ4v) is 3.80. The molecule has 1 aliphatic carbocycles. The fraction of sp³-hybridized carbons (Fsp3) is 0.238. The van der Waals surface area contributed by atoms with Crippen LogP contribution in [0.4, 0.5) is 0 Å². The minimum atomic E-state index is 0.681. The Morgan fingerprint density at radius 2 is 1.62 bits per heavy atom. The maximum Gasteiger partial charge on any atom is -0.0118 e. The van der Waals surface area contributed by atoms with E-state index in [0.717, 1.165) is 0 Å². The van der Waals surface area contributed by atoms with Crippen LogP contribution in [0.25, 0.3) is 10.8 Å². The van der Waals surface area contributed by atoms with Gasteiger partial charge in [0.15, 0.2) is 0 Å². The molecule has 1 atom stereocenters. The van der Waals surface area contributed by atoms with Crippen LogP contribution in [0.15, 0.2) is 66.7 Å². The third kappa shape index (κ3) is 2.35. The predicted octanol–water partition coefficient (Wildman–Crippen LogP) is 5.50. The molecule has 0 fully saturated rings. The van der Waals surface area contributed by atoms with E-state index in [2.05, 4.69) is 66.7 Å². The molecule has 3 aromatic carbocycles. The van der Waals surface area contributed by atoms with E-state index in [1.165, 1.54) is 42.0 Å². The van der Waals surface area contributed by atoms with E-state index in [9.17, 15) is 0 Å². The van der Waals surface area contributed by atoms with Gasteiger partial charge in [0.25, 0.3) is 0 Å². The summed E-state index contributed by atoms with van der Waals surface area (Å²) < 4.78 is 0. The van der Waals surface area contributed by atoms with Crippen LogP contribution in [0.1, 0.15) is 35.4 Å². The second kappa shape index (κ2) is 5.37. The van der Waals surface area contributed by atoms with Crippen LogP contribution in [0.5, 0.6) is 0 Å². The van der Waals surface area contributed by atoms with Crippen LogP contribution in [-0.2, 0) is 12.8 Å². The molecule has 0 aromatic heterocycles. The van der Waals surface area contributed by atoms with Crippen LogP contribution < -0.4 is 0 Å². The number of aryl methyl sites for hydroxylation is 1. The molecule has 0 saturated carbocycles. The topological polar surface area (TPSA) is 0 Å². The summed E-state index contributed by atoms with van der Waals surface area (Å²) in [7, 11) is 0. The highest BCUT2D eigenvalue weighted by Gasteiger charge is 2.20. The van der Waals surface area contributed by atoms with Gasteiger partial charge >= 0.3 is 0 Å². The van der Waals surface area contributed by atoms with Crippen molar-refractivity contribution in [2.45, 2.75) is 31.6 Å². The van der Waals surface area contributed by atoms with Crippen molar-refractivity contribution in [3.05, 3.63) is 83.4 Å². The van der Waals surface area contributed by atoms with Crippen molar-refractivity contribution in [1.29, 1.82) is 0 Å². The minimum Gasteiger partial charge on any atom is -0.0620 e. The largest absolute Gasteiger partial charge is 0.0620 e. The molecule has 0 spiro atoms. The summed E-state index contributed by atoms with van der Waals surface area (Å²) in [5.74, 6) is 0.681. The molecule has 0 radical (unpaired) electrons. The molecule has 3 aromatic rings. The van der Waals surface area contributed by atoms with Gasteiger partial charge in [-0.3, -0.25) is 0 Å². The van der Waals surface area contributed by atoms with Gasteiger partial charge in [-0.25, -0.2) is 0 Å². The predicted molar refractivity (Wildman–Crippen MR) is 89.8 cm³/mol. The van der Waals surface area contributed by atoms with E-state index in [-0.39, 0.29) is 0 Å². The van der Waals surface area contributed by atoms with Gasteiger partial charge in [-0.05, 0) is 59.1 Å². The summed E-state index contributed by atoms with van der Waals surface area (Å²) in [6.45, 7) is 0. The zero-order valence-electron chi connectivity index (χ0n) is 12.3. The van der Waals surface area contributed by atoms with Crippen molar-refractivity contribution in [2.75, 3.05) is 0 Å². The van der Waals surface area contributed by atoms with Crippen molar-refractivity contribution in [3.8, 4) is 0 Å². The fourth-order valence-electron chi connectivity index (χ4n) is 3.80. The molecule has 0 heteroatoms. The molecule has 104 valence electrons. The quantitative estimate of drug-likeness (QED) is 0.577. The lowest BCUT2D eigenvalue weighted by molar-refractivity contribution is 0.552. The second-order valence-corrected chi connectivity index (χ2v) is 6.13. The number of rotatable bonds is 2. The highest BCUT2D eigenvalue weighted by atomic mass is 14.2. The molecule has 1 unspecified atom stereocenters. The number of benzene rings is 3. The minimum absolute atomic E-state index is 0.681. The Morgan fingerprint density at radius 3 is 2.62 bits per heavy atom. The van der Waals surface area contributed by atoms with Crippen LogP contribution >= 0.6 is 0 Å². The van der Waals surface area contributed by atoms with Crippen molar-refractivity contribution in [2.24, 2.45) is 0 Å². The molecule has 0 N–H and O–H groups in total. The summed E-state index contributed by atoms with van der Waals surface area (Å²) in [6.07, 6.45) is 5.06. The first-order chi connectivity index (χ1) is 10.4. The zero-order valence-corrected chi connectivity index (χ0v) is 12.3. The Morgan fingerprint density at radius 1 is 0.810 bits per heavy atom. The Balaban J connectivity index is 1.73. The van der Waals surface area contributed by atoms with Gasteiger partial charge < -0.3 is 0 Å². The average Bonchev–Trinajstić information content (AvgIpc) is 2.56. The second-order valence-electron chi connectivity index (χ2n) is 6.13. The first kappa shape index (κ1) is 12.6. The van der Waals surface area contributed by atoms with E-state index in [1.807, 2.05) is 0 Å². The first-order valence-electron chi connectivity index (χ1n) is 7.96. The molecule has 0 aliphatic heterocycles. The molecular weight excluding hydrogens is 252 g/mol. The number of fused-ring (bicyclic) bond motifs is 2. The molecule has 0 bridgehead atoms. The highest BCUT2D eigenvalue weighted by Crippen LogP contribution is 2.35. The first-order valence-corrected chi connectivity index (χ1v) is 7.96. The van der Waals surface area contributed by atoms with Gasteiger partial charge in [-0.2, -0.15) is 0 Å². The molecule has 0 saturated heterocycles. The Kier molecular flexibility index (Phi) is 3.23. The van der Waals surface area contributed by atoms with Crippen molar-refractivity contribution >= 4 is 10.8 Å². The van der Waals surface area contributed by atoms with Crippen LogP contribution in [0.2, 0.25) is 0 Å². The van der Waals surface area contributed by atoms with Crippen molar-refractivity contribution in [3.63, 3.8) is 0 Å². The smallest absolute Gasteiger partial charge is 0.0118 e. The zero-order chi connectivity index (χ0) is 14.1. The summed E-state index contributed by atoms with van der Waals surface area (Å²) in [5.41, 5.74) is 4.64. The number of hydrogen-bond donors (Lipinski definition) is 0. The number of hydrogen-bond acceptors (Lipinski definition) is 0. The summed E-state index contributed by atoms with van der Waals surface area (Å²) in [6, 6.07) is 24.5. The SMILES string of the molecule is c1ccc2c(c1)CCCC2Cc1cccc2ccccc12. The molecule has 4 rings (SSSR count). The molecule has 0 heterocycles. The highest BCUT2D eigenvalue weighted by molar-refractivity contribution is 5.85. The lowest BCUT2D eigenvalue weighted by Gasteiger charge is -2.26. The van der Waals surface area contributed by atoms with Gasteiger partial charge in [0.05, 0.1) is 0 Å². The van der Waals surface area contributed by atoms with E-state index in [1.54, 1.807) is 11.1 Å². The van der Waals surface area contributed by atoms with Gasteiger partial charge in [0.2, 0.25) is 0 Å². The van der Waals surface area contributed by atoms with Crippen LogP contribution in [-0.4, -0.2) is 0 Å². The van der Waals surface area contributed by atoms with E-state index in [4.69, 9.17) is 0 Å². The third-order valence-corrected chi connectivity index (χ3v) is 4.84. The Hall–Kier alpha value is -2.08. The maximum absolute atomic E-state index is 2.34. The summed E-state index contributed by atoms with van der Waals surface area (Å²) in [5, 5.41) is 2.78. The molecule has 1 aliphatic rings. The van der Waals surface area contributed by atoms with E-state index in [0.29, 0.717) is 5.92 Å². The standard InChI is InChI=1S/C21H20/c1-3-13-20-16(7-1)9-5-11-18(20)15-19-12-6-10-17-8-2-4-14-21(17)19/h1-5,7-9,11,13-14,19H,6,10,12,15H2. The van der Waals surface area contributed by atoms with Crippen molar-refractivity contribution in [1.82, 2.24) is 0 Å². The molecular formula is C21H20. The summed E-state index contributed by atoms with van der Waals surface area (Å²) >= 11 is 0. The molecule has 0 nitrogen and oxygen atoms in total. The Bertz CT molecular complexity index is 764. The lowest BCUT2D eigenvalue weighted by atomic mass is 9.79. The molecule has 0 amide bonds. The van der Waals surface area contributed by atoms with E-state index < -0.39 is 0 Å². The average molecular weight is 272 g/mol. The normalized spacial score (nSPS) is 17.6. The maximum atomic E-state index is 2.34. The summed E-state index contributed by atoms with van der Waals surface area (Å²) in [4.78, 5) is 0. The van der Waals surface area contributed by atoms with Gasteiger partial charge in [0.1, 0.15) is 0 Å². The van der Waals surface area contributed by atoms with Crippen molar-refractivity contribution < 1.29 is 0 Å². The van der Waals surface area contributed by atoms with Crippen LogP contribution in [0.3, 0.4) is 0 Å². The van der Waals surface area contributed by atoms with Gasteiger partial charge in [-0.15, -0.1) is 0 Å². The third-order valence-electron chi connectivity index (χ3n) is 4.84. The Labute approximate surface area is 126 Å². The monoisotopic (exact) mass is 272 g/mol. The van der Waals surface area contributed by atoms with Gasteiger partial charge in [-0.1, -0.05) is 66.7 Å². The van der Waals surface area contributed by atoms with Crippen LogP contribution in [0, 0.1) is 0 Å².